The molecule has 0 bridgehead atoms. The molecule has 0 aliphatic heterocycles. The van der Waals surface area contributed by atoms with E-state index in [4.69, 9.17) is 9.47 Å². The molecule has 4 heteroatoms. The smallest absolute Gasteiger partial charge is 0.119 e. The topological polar surface area (TPSA) is 18.5 Å². The zero-order valence-corrected chi connectivity index (χ0v) is 21.1. The van der Waals surface area contributed by atoms with Gasteiger partial charge in [0, 0.05) is 17.4 Å². The normalized spacial score (nSPS) is 12.1. The molecule has 0 aliphatic rings. The van der Waals surface area contributed by atoms with Crippen LogP contribution in [-0.4, -0.2) is 43.9 Å². The Morgan fingerprint density at radius 3 is 1.77 bits per heavy atom. The first kappa shape index (κ1) is 27.5. The molecule has 0 saturated heterocycles. The van der Waals surface area contributed by atoms with Crippen molar-refractivity contribution in [1.82, 2.24) is 0 Å². The molecule has 0 aliphatic carbocycles. The lowest BCUT2D eigenvalue weighted by atomic mass is 9.86. The van der Waals surface area contributed by atoms with Crippen LogP contribution in [0.1, 0.15) is 47.1 Å². The van der Waals surface area contributed by atoms with Gasteiger partial charge in [-0.05, 0) is 26.0 Å². The highest BCUT2D eigenvalue weighted by molar-refractivity contribution is 5.21. The van der Waals surface area contributed by atoms with Gasteiger partial charge in [-0.15, -0.1) is 0 Å². The van der Waals surface area contributed by atoms with Crippen molar-refractivity contribution in [3.63, 3.8) is 0 Å². The first-order chi connectivity index (χ1) is 14.3. The zero-order chi connectivity index (χ0) is 22.0. The molecule has 0 fully saturated rings. The average molecular weight is 448 g/mol. The van der Waals surface area contributed by atoms with E-state index < -0.39 is 0 Å². The van der Waals surface area contributed by atoms with Crippen molar-refractivity contribution in [1.29, 1.82) is 0 Å². The van der Waals surface area contributed by atoms with Crippen molar-refractivity contribution in [3.05, 3.63) is 66.2 Å². The van der Waals surface area contributed by atoms with Crippen LogP contribution in [0.5, 0.6) is 5.75 Å². The summed E-state index contributed by atoms with van der Waals surface area (Å²) in [6, 6.07) is 20.9. The molecule has 2 aromatic carbocycles. The monoisotopic (exact) mass is 447 g/mol. The predicted molar refractivity (Wildman–Crippen MR) is 127 cm³/mol. The average Bonchev–Trinajstić information content (AvgIpc) is 2.71. The highest BCUT2D eigenvalue weighted by atomic mass is 35.5. The number of quaternary nitrogens is 1. The maximum absolute atomic E-state index is 6.06. The molecule has 0 amide bonds. The van der Waals surface area contributed by atoms with Gasteiger partial charge in [0.1, 0.15) is 24.4 Å². The highest BCUT2D eigenvalue weighted by Gasteiger charge is 2.45. The lowest BCUT2D eigenvalue weighted by molar-refractivity contribution is -0.985. The Bertz CT molecular complexity index is 707. The fraction of sp³-hybridized carbons (Fsp3) is 0.556. The van der Waals surface area contributed by atoms with Crippen molar-refractivity contribution in [2.75, 3.05) is 39.5 Å². The van der Waals surface area contributed by atoms with Gasteiger partial charge < -0.3 is 26.4 Å². The van der Waals surface area contributed by atoms with E-state index in [1.54, 1.807) is 0 Å². The molecule has 2 aromatic rings. The van der Waals surface area contributed by atoms with Crippen LogP contribution in [0.2, 0.25) is 0 Å². The molecule has 0 spiro atoms. The Morgan fingerprint density at radius 1 is 0.742 bits per heavy atom. The minimum atomic E-state index is 0. The molecule has 0 atom stereocenters. The summed E-state index contributed by atoms with van der Waals surface area (Å²) in [4.78, 5) is 0. The lowest BCUT2D eigenvalue weighted by Gasteiger charge is -2.52. The molecular formula is C27H42ClNO2. The summed E-state index contributed by atoms with van der Waals surface area (Å²) in [6.45, 7) is 19.4. The summed E-state index contributed by atoms with van der Waals surface area (Å²) in [5.41, 5.74) is 1.42. The number of rotatable bonds is 13. The van der Waals surface area contributed by atoms with Gasteiger partial charge in [-0.1, -0.05) is 76.2 Å². The van der Waals surface area contributed by atoms with Crippen molar-refractivity contribution >= 4 is 0 Å². The summed E-state index contributed by atoms with van der Waals surface area (Å²) in [5.74, 6) is 2.14. The first-order valence-electron chi connectivity index (χ1n) is 11.4. The Hall–Kier alpha value is -1.55. The molecule has 0 radical (unpaired) electrons. The Morgan fingerprint density at radius 2 is 1.26 bits per heavy atom. The standard InChI is InChI=1S/C27H42NO2.ClH/c1-23(2)21-28(22-24(3)4,27(5,6)25-13-9-7-10-14-25)17-18-29-19-20-30-26-15-11-8-12-16-26;/h7-16,23-24H,17-22H2,1-6H3;1H/q+1;/p-1. The van der Waals surface area contributed by atoms with Crippen LogP contribution >= 0.6 is 0 Å². The maximum Gasteiger partial charge on any atom is 0.119 e. The third-order valence-corrected chi connectivity index (χ3v) is 6.00. The molecule has 0 heterocycles. The van der Waals surface area contributed by atoms with Crippen molar-refractivity contribution in [2.24, 2.45) is 11.8 Å². The number of nitrogens with zero attached hydrogens (tertiary/aromatic N) is 1. The third kappa shape index (κ3) is 8.14. The van der Waals surface area contributed by atoms with Crippen molar-refractivity contribution in [2.45, 2.75) is 47.1 Å². The molecule has 174 valence electrons. The summed E-state index contributed by atoms with van der Waals surface area (Å²) in [5, 5.41) is 0. The number of halogens is 1. The Balaban J connectivity index is 0.00000480. The van der Waals surface area contributed by atoms with E-state index in [0.717, 1.165) is 36.5 Å². The molecule has 0 aromatic heterocycles. The SMILES string of the molecule is CC(C)C[N+](CCOCCOc1ccccc1)(CC(C)C)C(C)(C)c1ccccc1.[Cl-]. The van der Waals surface area contributed by atoms with Crippen LogP contribution in [0.15, 0.2) is 60.7 Å². The predicted octanol–water partition coefficient (Wildman–Crippen LogP) is 3.15. The molecule has 2 rings (SSSR count). The van der Waals surface area contributed by atoms with Gasteiger partial charge in [0.25, 0.3) is 0 Å². The molecule has 3 nitrogen and oxygen atoms in total. The minimum absolute atomic E-state index is 0. The van der Waals surface area contributed by atoms with Gasteiger partial charge in [0.2, 0.25) is 0 Å². The number of para-hydroxylation sites is 1. The fourth-order valence-corrected chi connectivity index (χ4v) is 4.59. The molecule has 31 heavy (non-hydrogen) atoms. The van der Waals surface area contributed by atoms with Crippen LogP contribution in [-0.2, 0) is 10.3 Å². The van der Waals surface area contributed by atoms with Crippen molar-refractivity contribution < 1.29 is 26.4 Å². The van der Waals surface area contributed by atoms with E-state index >= 15 is 0 Å². The second-order valence-electron chi connectivity index (χ2n) is 9.72. The van der Waals surface area contributed by atoms with Gasteiger partial charge in [0.15, 0.2) is 0 Å². The second kappa shape index (κ2) is 13.1. The number of ether oxygens (including phenoxy) is 2. The van der Waals surface area contributed by atoms with Crippen molar-refractivity contribution in [3.8, 4) is 5.75 Å². The number of hydrogen-bond acceptors (Lipinski definition) is 2. The van der Waals surface area contributed by atoms with Gasteiger partial charge >= 0.3 is 0 Å². The van der Waals surface area contributed by atoms with E-state index in [-0.39, 0.29) is 17.9 Å². The van der Waals surface area contributed by atoms with E-state index in [1.165, 1.54) is 5.56 Å². The lowest BCUT2D eigenvalue weighted by Crippen LogP contribution is -3.00. The van der Waals surface area contributed by atoms with Crippen LogP contribution in [0, 0.1) is 11.8 Å². The van der Waals surface area contributed by atoms with Gasteiger partial charge in [-0.2, -0.15) is 0 Å². The Labute approximate surface area is 196 Å². The maximum atomic E-state index is 6.06. The second-order valence-corrected chi connectivity index (χ2v) is 9.72. The fourth-order valence-electron chi connectivity index (χ4n) is 4.59. The number of hydrogen-bond donors (Lipinski definition) is 0. The Kier molecular flexibility index (Phi) is 11.6. The highest BCUT2D eigenvalue weighted by Crippen LogP contribution is 2.37. The van der Waals surface area contributed by atoms with Crippen LogP contribution < -0.4 is 17.1 Å². The quantitative estimate of drug-likeness (QED) is 0.347. The molecule has 0 unspecified atom stereocenters. The summed E-state index contributed by atoms with van der Waals surface area (Å²) >= 11 is 0. The largest absolute Gasteiger partial charge is 1.00 e. The van der Waals surface area contributed by atoms with E-state index in [0.29, 0.717) is 25.0 Å². The first-order valence-corrected chi connectivity index (χ1v) is 11.4. The molecule has 0 N–H and O–H groups in total. The van der Waals surface area contributed by atoms with Gasteiger partial charge in [-0.25, -0.2) is 0 Å². The third-order valence-electron chi connectivity index (χ3n) is 6.00. The van der Waals surface area contributed by atoms with Crippen LogP contribution in [0.3, 0.4) is 0 Å². The van der Waals surface area contributed by atoms with Gasteiger partial charge in [0.05, 0.1) is 26.3 Å². The van der Waals surface area contributed by atoms with E-state index in [2.05, 4.69) is 71.9 Å². The summed E-state index contributed by atoms with van der Waals surface area (Å²) in [7, 11) is 0. The van der Waals surface area contributed by atoms with Crippen LogP contribution in [0.4, 0.5) is 0 Å². The van der Waals surface area contributed by atoms with E-state index in [9.17, 15) is 0 Å². The minimum Gasteiger partial charge on any atom is -1.00 e. The van der Waals surface area contributed by atoms with Gasteiger partial charge in [-0.3, -0.25) is 0 Å². The summed E-state index contributed by atoms with van der Waals surface area (Å²) < 4.78 is 12.9. The zero-order valence-electron chi connectivity index (χ0n) is 20.3. The molecule has 0 saturated carbocycles. The molecular weight excluding hydrogens is 406 g/mol. The summed E-state index contributed by atoms with van der Waals surface area (Å²) in [6.07, 6.45) is 0. The van der Waals surface area contributed by atoms with E-state index in [1.807, 2.05) is 30.3 Å². The number of benzene rings is 2. The van der Waals surface area contributed by atoms with Crippen LogP contribution in [0.25, 0.3) is 0 Å².